The van der Waals surface area contributed by atoms with E-state index >= 15 is 0 Å². The lowest BCUT2D eigenvalue weighted by Gasteiger charge is -2.00. The Morgan fingerprint density at radius 1 is 1.14 bits per heavy atom. The van der Waals surface area contributed by atoms with Gasteiger partial charge in [0, 0.05) is 12.1 Å². The molecule has 1 aromatic heterocycles. The van der Waals surface area contributed by atoms with Gasteiger partial charge >= 0.3 is 0 Å². The predicted octanol–water partition coefficient (Wildman–Crippen LogP) is 3.44. The van der Waals surface area contributed by atoms with Gasteiger partial charge in [0.05, 0.1) is 10.6 Å². The molecule has 4 nitrogen and oxygen atoms in total. The van der Waals surface area contributed by atoms with Crippen molar-refractivity contribution in [3.05, 3.63) is 64.7 Å². The van der Waals surface area contributed by atoms with E-state index in [1.165, 1.54) is 6.07 Å². The maximum atomic E-state index is 13.8. The molecule has 3 aromatic rings. The van der Waals surface area contributed by atoms with Gasteiger partial charge in [0.1, 0.15) is 11.6 Å². The maximum absolute atomic E-state index is 13.8. The zero-order valence-electron chi connectivity index (χ0n) is 11.0. The van der Waals surface area contributed by atoms with Crippen LogP contribution in [0.1, 0.15) is 11.4 Å². The number of halogens is 2. The zero-order chi connectivity index (χ0) is 14.8. The van der Waals surface area contributed by atoms with Gasteiger partial charge in [0.25, 0.3) is 0 Å². The van der Waals surface area contributed by atoms with Gasteiger partial charge in [-0.05, 0) is 29.8 Å². The molecular formula is C15H12ClFN4. The van der Waals surface area contributed by atoms with Crippen LogP contribution < -0.4 is 5.73 Å². The van der Waals surface area contributed by atoms with Gasteiger partial charge < -0.3 is 5.73 Å². The first-order chi connectivity index (χ1) is 10.1. The lowest BCUT2D eigenvalue weighted by molar-refractivity contribution is 0.630. The molecule has 0 bridgehead atoms. The molecule has 0 aliphatic heterocycles. The van der Waals surface area contributed by atoms with Crippen molar-refractivity contribution in [1.82, 2.24) is 15.2 Å². The molecule has 0 amide bonds. The summed E-state index contributed by atoms with van der Waals surface area (Å²) in [5, 5.41) is 7.13. The van der Waals surface area contributed by atoms with Gasteiger partial charge in [-0.1, -0.05) is 29.8 Å². The van der Waals surface area contributed by atoms with Crippen LogP contribution in [0.2, 0.25) is 5.02 Å². The highest BCUT2D eigenvalue weighted by atomic mass is 35.5. The number of hydrogen-bond donors (Lipinski definition) is 2. The van der Waals surface area contributed by atoms with Crippen LogP contribution in [0, 0.1) is 5.82 Å². The van der Waals surface area contributed by atoms with Crippen LogP contribution in [-0.4, -0.2) is 15.2 Å². The summed E-state index contributed by atoms with van der Waals surface area (Å²) in [5.41, 5.74) is 7.59. The van der Waals surface area contributed by atoms with Gasteiger partial charge in [-0.2, -0.15) is 5.10 Å². The van der Waals surface area contributed by atoms with Crippen molar-refractivity contribution in [2.75, 3.05) is 5.73 Å². The largest absolute Gasteiger partial charge is 0.399 e. The van der Waals surface area contributed by atoms with Crippen molar-refractivity contribution in [2.24, 2.45) is 0 Å². The Labute approximate surface area is 125 Å². The van der Waals surface area contributed by atoms with Crippen molar-refractivity contribution >= 4 is 17.3 Å². The first-order valence-corrected chi connectivity index (χ1v) is 6.71. The van der Waals surface area contributed by atoms with Gasteiger partial charge in [0.2, 0.25) is 0 Å². The fourth-order valence-electron chi connectivity index (χ4n) is 2.03. The third-order valence-corrected chi connectivity index (χ3v) is 3.38. The van der Waals surface area contributed by atoms with Crippen LogP contribution in [0.5, 0.6) is 0 Å². The minimum Gasteiger partial charge on any atom is -0.399 e. The number of anilines is 1. The summed E-state index contributed by atoms with van der Waals surface area (Å²) in [4.78, 5) is 4.30. The van der Waals surface area contributed by atoms with Crippen LogP contribution in [0.15, 0.2) is 42.5 Å². The second kappa shape index (κ2) is 5.54. The van der Waals surface area contributed by atoms with E-state index in [1.54, 1.807) is 12.1 Å². The molecule has 1 heterocycles. The Morgan fingerprint density at radius 2 is 1.90 bits per heavy atom. The van der Waals surface area contributed by atoms with Gasteiger partial charge in [0.15, 0.2) is 5.82 Å². The molecule has 6 heteroatoms. The summed E-state index contributed by atoms with van der Waals surface area (Å²) in [6.45, 7) is 0. The summed E-state index contributed by atoms with van der Waals surface area (Å²) < 4.78 is 13.8. The minimum absolute atomic E-state index is 0.207. The highest BCUT2D eigenvalue weighted by molar-refractivity contribution is 6.33. The second-order valence-corrected chi connectivity index (χ2v) is 5.03. The van der Waals surface area contributed by atoms with Crippen LogP contribution >= 0.6 is 11.6 Å². The smallest absolute Gasteiger partial charge is 0.185 e. The molecule has 0 saturated carbocycles. The Morgan fingerprint density at radius 3 is 2.62 bits per heavy atom. The van der Waals surface area contributed by atoms with Crippen molar-refractivity contribution in [2.45, 2.75) is 6.42 Å². The van der Waals surface area contributed by atoms with E-state index in [0.29, 0.717) is 17.9 Å². The van der Waals surface area contributed by atoms with Gasteiger partial charge in [-0.15, -0.1) is 0 Å². The van der Waals surface area contributed by atoms with Crippen LogP contribution in [0.4, 0.5) is 10.1 Å². The molecule has 0 radical (unpaired) electrons. The molecule has 2 aromatic carbocycles. The third kappa shape index (κ3) is 2.87. The summed E-state index contributed by atoms with van der Waals surface area (Å²) in [6, 6.07) is 11.9. The number of nitrogen functional groups attached to an aromatic ring is 1. The van der Waals surface area contributed by atoms with E-state index in [2.05, 4.69) is 15.2 Å². The standard InChI is InChI=1S/C15H12ClFN4/c16-11-2-1-3-12(17)14(11)15-19-13(20-21-15)8-9-4-6-10(18)7-5-9/h1-7H,8,18H2,(H,19,20,21). The number of nitrogens with zero attached hydrogens (tertiary/aromatic N) is 2. The zero-order valence-corrected chi connectivity index (χ0v) is 11.7. The van der Waals surface area contributed by atoms with Crippen molar-refractivity contribution < 1.29 is 4.39 Å². The summed E-state index contributed by atoms with van der Waals surface area (Å²) in [6.07, 6.45) is 0.555. The number of nitrogens with two attached hydrogens (primary N) is 1. The number of nitrogens with one attached hydrogen (secondary N) is 1. The maximum Gasteiger partial charge on any atom is 0.185 e. The molecule has 3 N–H and O–H groups in total. The first kappa shape index (κ1) is 13.6. The van der Waals surface area contributed by atoms with E-state index in [1.807, 2.05) is 24.3 Å². The predicted molar refractivity (Wildman–Crippen MR) is 80.4 cm³/mol. The summed E-state index contributed by atoms with van der Waals surface area (Å²) >= 11 is 6.00. The molecule has 21 heavy (non-hydrogen) atoms. The molecule has 3 rings (SSSR count). The van der Waals surface area contributed by atoms with Crippen LogP contribution in [0.3, 0.4) is 0 Å². The first-order valence-electron chi connectivity index (χ1n) is 6.33. The summed E-state index contributed by atoms with van der Waals surface area (Å²) in [5.74, 6) is 0.443. The van der Waals surface area contributed by atoms with E-state index < -0.39 is 5.82 Å². The second-order valence-electron chi connectivity index (χ2n) is 4.62. The fourth-order valence-corrected chi connectivity index (χ4v) is 2.27. The summed E-state index contributed by atoms with van der Waals surface area (Å²) in [7, 11) is 0. The highest BCUT2D eigenvalue weighted by Gasteiger charge is 2.14. The quantitative estimate of drug-likeness (QED) is 0.728. The average Bonchev–Trinajstić information content (AvgIpc) is 2.89. The van der Waals surface area contributed by atoms with E-state index in [9.17, 15) is 4.39 Å². The molecule has 0 aliphatic rings. The number of hydrogen-bond acceptors (Lipinski definition) is 3. The SMILES string of the molecule is Nc1ccc(Cc2nc(-c3c(F)cccc3Cl)n[nH]2)cc1. The molecular weight excluding hydrogens is 291 g/mol. The van der Waals surface area contributed by atoms with E-state index in [-0.39, 0.29) is 16.4 Å². The Kier molecular flexibility index (Phi) is 3.58. The Hall–Kier alpha value is -2.40. The highest BCUT2D eigenvalue weighted by Crippen LogP contribution is 2.27. The number of benzene rings is 2. The van der Waals surface area contributed by atoms with Crippen LogP contribution in [0.25, 0.3) is 11.4 Å². The van der Waals surface area contributed by atoms with E-state index in [0.717, 1.165) is 5.56 Å². The Balaban J connectivity index is 1.88. The fraction of sp³-hybridized carbons (Fsp3) is 0.0667. The normalized spacial score (nSPS) is 10.8. The number of rotatable bonds is 3. The number of H-pyrrole nitrogens is 1. The third-order valence-electron chi connectivity index (χ3n) is 3.07. The molecule has 0 atom stereocenters. The van der Waals surface area contributed by atoms with Gasteiger partial charge in [-0.25, -0.2) is 9.37 Å². The molecule has 0 aliphatic carbocycles. The number of aromatic nitrogens is 3. The van der Waals surface area contributed by atoms with E-state index in [4.69, 9.17) is 17.3 Å². The lowest BCUT2D eigenvalue weighted by Crippen LogP contribution is -1.92. The van der Waals surface area contributed by atoms with Crippen molar-refractivity contribution in [1.29, 1.82) is 0 Å². The topological polar surface area (TPSA) is 67.6 Å². The average molecular weight is 303 g/mol. The van der Waals surface area contributed by atoms with Gasteiger partial charge in [-0.3, -0.25) is 5.10 Å². The molecule has 0 fully saturated rings. The van der Waals surface area contributed by atoms with Crippen LogP contribution in [-0.2, 0) is 6.42 Å². The number of aromatic amines is 1. The molecule has 0 spiro atoms. The molecule has 0 saturated heterocycles. The molecule has 0 unspecified atom stereocenters. The monoisotopic (exact) mass is 302 g/mol. The van der Waals surface area contributed by atoms with Crippen molar-refractivity contribution in [3.63, 3.8) is 0 Å². The van der Waals surface area contributed by atoms with Crippen molar-refractivity contribution in [3.8, 4) is 11.4 Å². The lowest BCUT2D eigenvalue weighted by atomic mass is 10.1. The molecule has 106 valence electrons. The Bertz CT molecular complexity index is 747. The minimum atomic E-state index is -0.444.